The summed E-state index contributed by atoms with van der Waals surface area (Å²) in [4.78, 5) is 13.8. The quantitative estimate of drug-likeness (QED) is 0.821. The number of carbonyl (C=O) groups is 1. The summed E-state index contributed by atoms with van der Waals surface area (Å²) in [7, 11) is 0. The van der Waals surface area contributed by atoms with Crippen LogP contribution < -0.4 is 0 Å². The van der Waals surface area contributed by atoms with E-state index in [2.05, 4.69) is 15.4 Å². The number of tetrazole rings is 1. The molecule has 6 nitrogen and oxygen atoms in total. The van der Waals surface area contributed by atoms with Crippen LogP contribution in [0.25, 0.3) is 0 Å². The third-order valence-corrected chi connectivity index (χ3v) is 3.30. The van der Waals surface area contributed by atoms with E-state index in [9.17, 15) is 18.0 Å². The van der Waals surface area contributed by atoms with Crippen molar-refractivity contribution in [3.8, 4) is 0 Å². The highest BCUT2D eigenvalue weighted by molar-refractivity contribution is 5.82. The van der Waals surface area contributed by atoms with Gasteiger partial charge in [0.1, 0.15) is 6.54 Å². The van der Waals surface area contributed by atoms with Crippen LogP contribution >= 0.6 is 0 Å². The number of aromatic nitrogens is 4. The third-order valence-electron chi connectivity index (χ3n) is 3.30. The molecule has 0 radical (unpaired) electrons. The van der Waals surface area contributed by atoms with Crippen LogP contribution in [0.1, 0.15) is 37.0 Å². The highest BCUT2D eigenvalue weighted by Gasteiger charge is 2.41. The SMILES string of the molecule is O=C1C(n2nnc(C3CC3)n2)CCN1CC(F)(F)F. The molecular formula is C10H12F3N5O. The molecule has 2 fully saturated rings. The Hall–Kier alpha value is -1.67. The molecule has 2 heterocycles. The van der Waals surface area contributed by atoms with Gasteiger partial charge in [-0.2, -0.15) is 18.0 Å². The van der Waals surface area contributed by atoms with E-state index in [1.54, 1.807) is 0 Å². The van der Waals surface area contributed by atoms with E-state index in [1.807, 2.05) is 0 Å². The van der Waals surface area contributed by atoms with Crippen molar-refractivity contribution in [2.24, 2.45) is 0 Å². The number of amides is 1. The third kappa shape index (κ3) is 2.54. The van der Waals surface area contributed by atoms with Crippen molar-refractivity contribution in [1.82, 2.24) is 25.1 Å². The van der Waals surface area contributed by atoms with Gasteiger partial charge in [0.15, 0.2) is 11.9 Å². The smallest absolute Gasteiger partial charge is 0.332 e. The van der Waals surface area contributed by atoms with Crippen LogP contribution in [0.5, 0.6) is 0 Å². The number of carbonyl (C=O) groups excluding carboxylic acids is 1. The van der Waals surface area contributed by atoms with Gasteiger partial charge in [0.2, 0.25) is 5.91 Å². The first-order valence-corrected chi connectivity index (χ1v) is 6.09. The van der Waals surface area contributed by atoms with Crippen molar-refractivity contribution in [3.63, 3.8) is 0 Å². The second-order valence-corrected chi connectivity index (χ2v) is 4.92. The van der Waals surface area contributed by atoms with Crippen LogP contribution in [-0.4, -0.2) is 50.3 Å². The lowest BCUT2D eigenvalue weighted by molar-refractivity contribution is -0.158. The molecule has 1 aromatic rings. The Morgan fingerprint density at radius 3 is 2.63 bits per heavy atom. The average molecular weight is 275 g/mol. The largest absolute Gasteiger partial charge is 0.406 e. The second-order valence-electron chi connectivity index (χ2n) is 4.92. The van der Waals surface area contributed by atoms with Gasteiger partial charge in [0.05, 0.1) is 0 Å². The van der Waals surface area contributed by atoms with E-state index < -0.39 is 24.7 Å². The molecule has 9 heteroatoms. The zero-order chi connectivity index (χ0) is 13.6. The number of hydrogen-bond donors (Lipinski definition) is 0. The fourth-order valence-electron chi connectivity index (χ4n) is 2.18. The van der Waals surface area contributed by atoms with E-state index in [-0.39, 0.29) is 13.0 Å². The summed E-state index contributed by atoms with van der Waals surface area (Å²) in [6, 6.07) is -0.748. The van der Waals surface area contributed by atoms with Gasteiger partial charge in [-0.1, -0.05) is 0 Å². The fraction of sp³-hybridized carbons (Fsp3) is 0.800. The van der Waals surface area contributed by atoms with Crippen molar-refractivity contribution in [2.45, 2.75) is 37.4 Å². The number of rotatable bonds is 3. The van der Waals surface area contributed by atoms with Gasteiger partial charge in [-0.05, 0) is 24.5 Å². The van der Waals surface area contributed by atoms with Crippen molar-refractivity contribution < 1.29 is 18.0 Å². The zero-order valence-electron chi connectivity index (χ0n) is 9.97. The highest BCUT2D eigenvalue weighted by Crippen LogP contribution is 2.37. The lowest BCUT2D eigenvalue weighted by Crippen LogP contribution is -2.37. The van der Waals surface area contributed by atoms with Crippen molar-refractivity contribution in [2.75, 3.05) is 13.1 Å². The topological polar surface area (TPSA) is 63.9 Å². The Morgan fingerprint density at radius 2 is 2.00 bits per heavy atom. The Bertz CT molecular complexity index is 496. The van der Waals surface area contributed by atoms with E-state index in [1.165, 1.54) is 0 Å². The predicted molar refractivity (Wildman–Crippen MR) is 56.1 cm³/mol. The molecule has 2 aliphatic rings. The molecule has 1 amide bonds. The van der Waals surface area contributed by atoms with Gasteiger partial charge in [0.25, 0.3) is 0 Å². The predicted octanol–water partition coefficient (Wildman–Crippen LogP) is 0.886. The van der Waals surface area contributed by atoms with E-state index in [0.29, 0.717) is 11.7 Å². The van der Waals surface area contributed by atoms with Gasteiger partial charge in [-0.15, -0.1) is 10.2 Å². The second kappa shape index (κ2) is 4.17. The summed E-state index contributed by atoms with van der Waals surface area (Å²) < 4.78 is 36.9. The highest BCUT2D eigenvalue weighted by atomic mass is 19.4. The number of alkyl halides is 3. The van der Waals surface area contributed by atoms with Gasteiger partial charge in [0, 0.05) is 12.5 Å². The van der Waals surface area contributed by atoms with E-state index >= 15 is 0 Å². The molecule has 1 aromatic heterocycles. The molecule has 3 rings (SSSR count). The minimum atomic E-state index is -4.38. The van der Waals surface area contributed by atoms with E-state index in [0.717, 1.165) is 22.5 Å². The molecule has 1 saturated heterocycles. The summed E-state index contributed by atoms with van der Waals surface area (Å²) in [6.45, 7) is -1.14. The molecule has 1 aliphatic heterocycles. The van der Waals surface area contributed by atoms with Crippen LogP contribution in [0.4, 0.5) is 13.2 Å². The van der Waals surface area contributed by atoms with Crippen LogP contribution in [0, 0.1) is 0 Å². The van der Waals surface area contributed by atoms with Crippen molar-refractivity contribution >= 4 is 5.91 Å². The van der Waals surface area contributed by atoms with E-state index in [4.69, 9.17) is 0 Å². The molecule has 19 heavy (non-hydrogen) atoms. The van der Waals surface area contributed by atoms with Crippen molar-refractivity contribution in [3.05, 3.63) is 5.82 Å². The van der Waals surface area contributed by atoms with Gasteiger partial charge < -0.3 is 4.90 Å². The monoisotopic (exact) mass is 275 g/mol. The molecule has 0 aromatic carbocycles. The maximum Gasteiger partial charge on any atom is 0.406 e. The molecule has 0 spiro atoms. The maximum absolute atomic E-state index is 12.3. The van der Waals surface area contributed by atoms with Crippen LogP contribution in [-0.2, 0) is 4.79 Å². The Balaban J connectivity index is 1.70. The van der Waals surface area contributed by atoms with Crippen LogP contribution in [0.2, 0.25) is 0 Å². The Kier molecular flexibility index (Phi) is 2.72. The molecule has 1 aliphatic carbocycles. The maximum atomic E-state index is 12.3. The lowest BCUT2D eigenvalue weighted by Gasteiger charge is -2.17. The normalized spacial score (nSPS) is 24.3. The number of halogens is 3. The average Bonchev–Trinajstić information content (AvgIpc) is 2.95. The molecule has 1 unspecified atom stereocenters. The first-order valence-electron chi connectivity index (χ1n) is 6.09. The van der Waals surface area contributed by atoms with Crippen molar-refractivity contribution in [1.29, 1.82) is 0 Å². The molecule has 0 N–H and O–H groups in total. The molecule has 0 bridgehead atoms. The standard InChI is InChI=1S/C10H12F3N5O/c11-10(12,13)5-17-4-3-7(9(17)19)18-15-8(14-16-18)6-1-2-6/h6-7H,1-5H2. The molecule has 104 valence electrons. The Morgan fingerprint density at radius 1 is 1.26 bits per heavy atom. The first-order chi connectivity index (χ1) is 8.94. The van der Waals surface area contributed by atoms with Crippen LogP contribution in [0.15, 0.2) is 0 Å². The number of nitrogens with zero attached hydrogens (tertiary/aromatic N) is 5. The molecule has 1 saturated carbocycles. The summed E-state index contributed by atoms with van der Waals surface area (Å²) in [5, 5.41) is 11.7. The fourth-order valence-corrected chi connectivity index (χ4v) is 2.18. The molecular weight excluding hydrogens is 263 g/mol. The summed E-state index contributed by atoms with van der Waals surface area (Å²) in [6.07, 6.45) is -2.08. The van der Waals surface area contributed by atoms with Gasteiger partial charge in [-0.3, -0.25) is 4.79 Å². The minimum Gasteiger partial charge on any atom is -0.332 e. The summed E-state index contributed by atoms with van der Waals surface area (Å²) >= 11 is 0. The van der Waals surface area contributed by atoms with Gasteiger partial charge in [-0.25, -0.2) is 0 Å². The van der Waals surface area contributed by atoms with Gasteiger partial charge >= 0.3 is 6.18 Å². The Labute approximate surface area is 106 Å². The summed E-state index contributed by atoms with van der Waals surface area (Å²) in [5.41, 5.74) is 0. The lowest BCUT2D eigenvalue weighted by atomic mass is 10.3. The number of hydrogen-bond acceptors (Lipinski definition) is 4. The molecule has 1 atom stereocenters. The zero-order valence-corrected chi connectivity index (χ0v) is 9.97. The van der Waals surface area contributed by atoms with Crippen LogP contribution in [0.3, 0.4) is 0 Å². The summed E-state index contributed by atoms with van der Waals surface area (Å²) in [5.74, 6) is 0.302. The first kappa shape index (κ1) is 12.4. The number of likely N-dealkylation sites (tertiary alicyclic amines) is 1. The minimum absolute atomic E-state index is 0.0727.